The van der Waals surface area contributed by atoms with Crippen molar-refractivity contribution in [3.8, 4) is 5.75 Å². The SMILES string of the molecule is O=C(/C=C/c1cccn(CCCc2ccccc2OC(F)(F)F)c1=O)NO. The molecule has 0 saturated heterocycles. The highest BCUT2D eigenvalue weighted by Crippen LogP contribution is 2.27. The number of carbonyl (C=O) groups is 1. The van der Waals surface area contributed by atoms with E-state index < -0.39 is 12.3 Å². The number of hydroxylamine groups is 1. The van der Waals surface area contributed by atoms with Crippen molar-refractivity contribution in [3.63, 3.8) is 0 Å². The highest BCUT2D eigenvalue weighted by Gasteiger charge is 2.31. The van der Waals surface area contributed by atoms with E-state index in [2.05, 4.69) is 4.74 Å². The van der Waals surface area contributed by atoms with Crippen molar-refractivity contribution in [1.82, 2.24) is 10.0 Å². The molecule has 0 aliphatic carbocycles. The van der Waals surface area contributed by atoms with E-state index in [-0.39, 0.29) is 29.8 Å². The molecule has 1 aromatic carbocycles. The molecule has 0 aliphatic rings. The van der Waals surface area contributed by atoms with Gasteiger partial charge in [-0.3, -0.25) is 14.8 Å². The molecule has 0 bridgehead atoms. The van der Waals surface area contributed by atoms with E-state index in [1.54, 1.807) is 18.3 Å². The Hall–Kier alpha value is -3.07. The Morgan fingerprint density at radius 1 is 1.22 bits per heavy atom. The largest absolute Gasteiger partial charge is 0.573 e. The minimum Gasteiger partial charge on any atom is -0.406 e. The van der Waals surface area contributed by atoms with Crippen molar-refractivity contribution in [1.29, 1.82) is 0 Å². The number of carbonyl (C=O) groups excluding carboxylic acids is 1. The van der Waals surface area contributed by atoms with Crippen LogP contribution in [0.3, 0.4) is 0 Å². The summed E-state index contributed by atoms with van der Waals surface area (Å²) in [6.07, 6.45) is -0.269. The van der Waals surface area contributed by atoms with Gasteiger partial charge in [0, 0.05) is 24.4 Å². The van der Waals surface area contributed by atoms with Crippen LogP contribution in [0, 0.1) is 0 Å². The van der Waals surface area contributed by atoms with Crippen LogP contribution in [0.15, 0.2) is 53.5 Å². The lowest BCUT2D eigenvalue weighted by molar-refractivity contribution is -0.274. The third kappa shape index (κ3) is 6.30. The first-order chi connectivity index (χ1) is 12.8. The lowest BCUT2D eigenvalue weighted by Crippen LogP contribution is -2.22. The molecule has 0 atom stereocenters. The quantitative estimate of drug-likeness (QED) is 0.438. The molecule has 9 heteroatoms. The molecule has 2 aromatic rings. The predicted octanol–water partition coefficient (Wildman–Crippen LogP) is 2.90. The number of nitrogens with zero attached hydrogens (tertiary/aromatic N) is 1. The van der Waals surface area contributed by atoms with Crippen molar-refractivity contribution < 1.29 is 27.9 Å². The van der Waals surface area contributed by atoms with Crippen LogP contribution in [0.25, 0.3) is 6.08 Å². The van der Waals surface area contributed by atoms with Gasteiger partial charge < -0.3 is 9.30 Å². The van der Waals surface area contributed by atoms with E-state index >= 15 is 0 Å². The third-order valence-corrected chi connectivity index (χ3v) is 3.62. The second-order valence-corrected chi connectivity index (χ2v) is 5.53. The van der Waals surface area contributed by atoms with Crippen LogP contribution in [0.4, 0.5) is 13.2 Å². The molecular weight excluding hydrogens is 365 g/mol. The van der Waals surface area contributed by atoms with Crippen molar-refractivity contribution >= 4 is 12.0 Å². The van der Waals surface area contributed by atoms with Gasteiger partial charge in [0.1, 0.15) is 5.75 Å². The van der Waals surface area contributed by atoms with Crippen LogP contribution >= 0.6 is 0 Å². The molecule has 2 N–H and O–H groups in total. The molecule has 6 nitrogen and oxygen atoms in total. The fraction of sp³-hybridized carbons (Fsp3) is 0.222. The molecule has 0 saturated carbocycles. The van der Waals surface area contributed by atoms with E-state index in [9.17, 15) is 22.8 Å². The minimum absolute atomic E-state index is 0.238. The maximum atomic E-state index is 12.4. The van der Waals surface area contributed by atoms with Crippen LogP contribution in [-0.4, -0.2) is 22.0 Å². The summed E-state index contributed by atoms with van der Waals surface area (Å²) >= 11 is 0. The van der Waals surface area contributed by atoms with Crippen LogP contribution < -0.4 is 15.8 Å². The van der Waals surface area contributed by atoms with Crippen molar-refractivity contribution in [2.45, 2.75) is 25.7 Å². The third-order valence-electron chi connectivity index (χ3n) is 3.62. The van der Waals surface area contributed by atoms with E-state index in [1.165, 1.54) is 40.4 Å². The number of hydrogen-bond donors (Lipinski definition) is 2. The van der Waals surface area contributed by atoms with Gasteiger partial charge in [0.15, 0.2) is 0 Å². The second kappa shape index (κ2) is 9.04. The zero-order chi connectivity index (χ0) is 19.9. The van der Waals surface area contributed by atoms with Crippen molar-refractivity contribution in [2.75, 3.05) is 0 Å². The Bertz CT molecular complexity index is 875. The number of hydrogen-bond acceptors (Lipinski definition) is 4. The summed E-state index contributed by atoms with van der Waals surface area (Å²) in [7, 11) is 0. The first kappa shape index (κ1) is 20.2. The maximum absolute atomic E-state index is 12.4. The van der Waals surface area contributed by atoms with E-state index in [4.69, 9.17) is 5.21 Å². The summed E-state index contributed by atoms with van der Waals surface area (Å²) < 4.78 is 42.7. The molecule has 1 aromatic heterocycles. The second-order valence-electron chi connectivity index (χ2n) is 5.53. The molecule has 0 fully saturated rings. The van der Waals surface area contributed by atoms with Gasteiger partial charge in [-0.25, -0.2) is 5.48 Å². The average molecular weight is 382 g/mol. The van der Waals surface area contributed by atoms with E-state index in [0.29, 0.717) is 12.0 Å². The molecule has 1 amide bonds. The minimum atomic E-state index is -4.77. The fourth-order valence-electron chi connectivity index (χ4n) is 2.44. The number of ether oxygens (including phenoxy) is 1. The van der Waals surface area contributed by atoms with Gasteiger partial charge in [-0.1, -0.05) is 18.2 Å². The lowest BCUT2D eigenvalue weighted by Gasteiger charge is -2.13. The number of para-hydroxylation sites is 1. The number of benzene rings is 1. The smallest absolute Gasteiger partial charge is 0.406 e. The molecular formula is C18H17F3N2O4. The van der Waals surface area contributed by atoms with Gasteiger partial charge in [0.25, 0.3) is 11.5 Å². The predicted molar refractivity (Wildman–Crippen MR) is 91.1 cm³/mol. The van der Waals surface area contributed by atoms with Crippen molar-refractivity contribution in [2.24, 2.45) is 0 Å². The van der Waals surface area contributed by atoms with Gasteiger partial charge in [-0.2, -0.15) is 0 Å². The Kier molecular flexibility index (Phi) is 6.78. The number of alkyl halides is 3. The molecule has 1 heterocycles. The van der Waals surface area contributed by atoms with Crippen LogP contribution in [-0.2, 0) is 17.8 Å². The highest BCUT2D eigenvalue weighted by atomic mass is 19.4. The summed E-state index contributed by atoms with van der Waals surface area (Å²) in [5.41, 5.74) is 1.68. The first-order valence-electron chi connectivity index (χ1n) is 7.95. The number of pyridine rings is 1. The number of halogens is 3. The molecule has 0 aliphatic heterocycles. The van der Waals surface area contributed by atoms with Crippen LogP contribution in [0.5, 0.6) is 5.75 Å². The number of amides is 1. The normalized spacial score (nSPS) is 11.6. The van der Waals surface area contributed by atoms with Gasteiger partial charge >= 0.3 is 6.36 Å². The molecule has 144 valence electrons. The monoisotopic (exact) mass is 382 g/mol. The Labute approximate surface area is 152 Å². The van der Waals surface area contributed by atoms with E-state index in [1.807, 2.05) is 0 Å². The molecule has 0 radical (unpaired) electrons. The summed E-state index contributed by atoms with van der Waals surface area (Å²) in [6.45, 7) is 0.271. The lowest BCUT2D eigenvalue weighted by atomic mass is 10.1. The van der Waals surface area contributed by atoms with Crippen LogP contribution in [0.1, 0.15) is 17.5 Å². The standard InChI is InChI=1S/C18H17F3N2O4/c19-18(20,21)27-15-8-2-1-5-13(15)6-3-11-23-12-4-7-14(17(23)25)9-10-16(24)22-26/h1-2,4-5,7-10,12,26H,3,6,11H2,(H,22,24)/b10-9+. The Balaban J connectivity index is 2.05. The fourth-order valence-corrected chi connectivity index (χ4v) is 2.44. The molecule has 0 unspecified atom stereocenters. The first-order valence-corrected chi connectivity index (χ1v) is 7.95. The van der Waals surface area contributed by atoms with E-state index in [0.717, 1.165) is 6.08 Å². The molecule has 2 rings (SSSR count). The van der Waals surface area contributed by atoms with Gasteiger partial charge in [-0.15, -0.1) is 13.2 Å². The highest BCUT2D eigenvalue weighted by molar-refractivity contribution is 5.90. The van der Waals surface area contributed by atoms with Crippen molar-refractivity contribution in [3.05, 3.63) is 70.2 Å². The zero-order valence-corrected chi connectivity index (χ0v) is 14.1. The zero-order valence-electron chi connectivity index (χ0n) is 14.1. The Morgan fingerprint density at radius 3 is 2.67 bits per heavy atom. The number of aryl methyl sites for hydroxylation is 2. The number of nitrogens with one attached hydrogen (secondary N) is 1. The summed E-state index contributed by atoms with van der Waals surface area (Å²) in [5.74, 6) is -1.03. The maximum Gasteiger partial charge on any atom is 0.573 e. The van der Waals surface area contributed by atoms with Gasteiger partial charge in [0.05, 0.1) is 0 Å². The number of aromatic nitrogens is 1. The summed E-state index contributed by atoms with van der Waals surface area (Å²) in [4.78, 5) is 23.3. The number of rotatable bonds is 7. The van der Waals surface area contributed by atoms with Gasteiger partial charge in [-0.05, 0) is 42.7 Å². The van der Waals surface area contributed by atoms with Gasteiger partial charge in [0.2, 0.25) is 0 Å². The topological polar surface area (TPSA) is 80.6 Å². The summed E-state index contributed by atoms with van der Waals surface area (Å²) in [5, 5.41) is 8.44. The molecule has 27 heavy (non-hydrogen) atoms. The average Bonchev–Trinajstić information content (AvgIpc) is 2.62. The van der Waals surface area contributed by atoms with Crippen LogP contribution in [0.2, 0.25) is 0 Å². The summed E-state index contributed by atoms with van der Waals surface area (Å²) in [6, 6.07) is 8.96. The molecule has 0 spiro atoms. The Morgan fingerprint density at radius 2 is 1.96 bits per heavy atom.